The van der Waals surface area contributed by atoms with Gasteiger partial charge in [-0.05, 0) is 30.5 Å². The molecule has 0 aliphatic rings. The number of carbonyl (C=O) groups excluding carboxylic acids is 1. The Bertz CT molecular complexity index is 450. The highest BCUT2D eigenvalue weighted by Crippen LogP contribution is 2.27. The molecule has 0 aliphatic carbocycles. The van der Waals surface area contributed by atoms with Crippen molar-refractivity contribution in [2.24, 2.45) is 17.1 Å². The molecule has 0 saturated heterocycles. The van der Waals surface area contributed by atoms with E-state index in [2.05, 4.69) is 5.32 Å². The van der Waals surface area contributed by atoms with E-state index >= 15 is 0 Å². The number of halogens is 1. The van der Waals surface area contributed by atoms with Crippen LogP contribution in [0.5, 0.6) is 5.75 Å². The molecule has 0 spiro atoms. The Morgan fingerprint density at radius 3 is 2.57 bits per heavy atom. The number of para-hydroxylation sites is 1. The molecule has 0 saturated carbocycles. The van der Waals surface area contributed by atoms with Crippen LogP contribution in [0.2, 0.25) is 0 Å². The van der Waals surface area contributed by atoms with Crippen LogP contribution in [-0.4, -0.2) is 26.1 Å². The fraction of sp³-hybridized carbons (Fsp3) is 0.562. The average molecular weight is 315 g/mol. The molecule has 1 rings (SSSR count). The number of carbonyl (C=O) groups is 1. The fourth-order valence-electron chi connectivity index (χ4n) is 1.99. The quantitative estimate of drug-likeness (QED) is 0.812. The van der Waals surface area contributed by atoms with Gasteiger partial charge in [0.25, 0.3) is 0 Å². The Morgan fingerprint density at radius 2 is 2.00 bits per heavy atom. The van der Waals surface area contributed by atoms with Gasteiger partial charge in [-0.2, -0.15) is 0 Å². The first kappa shape index (κ1) is 19.7. The largest absolute Gasteiger partial charge is 0.496 e. The second-order valence-electron chi connectivity index (χ2n) is 5.92. The number of hydrogen-bond donors (Lipinski definition) is 2. The van der Waals surface area contributed by atoms with Crippen molar-refractivity contribution in [1.82, 2.24) is 5.32 Å². The molecule has 21 heavy (non-hydrogen) atoms. The van der Waals surface area contributed by atoms with Crippen LogP contribution in [0.25, 0.3) is 0 Å². The predicted molar refractivity (Wildman–Crippen MR) is 89.0 cm³/mol. The SMILES string of the molecule is COc1ccccc1CC(C)(C)C(=O)NCC(C)CN.Cl. The zero-order valence-corrected chi connectivity index (χ0v) is 14.1. The minimum atomic E-state index is -0.483. The Kier molecular flexibility index (Phi) is 8.37. The molecule has 3 N–H and O–H groups in total. The molecule has 1 atom stereocenters. The summed E-state index contributed by atoms with van der Waals surface area (Å²) in [6, 6.07) is 7.80. The van der Waals surface area contributed by atoms with Gasteiger partial charge in [0.2, 0.25) is 5.91 Å². The Balaban J connectivity index is 0.00000400. The molecule has 0 bridgehead atoms. The Morgan fingerprint density at radius 1 is 1.38 bits per heavy atom. The lowest BCUT2D eigenvalue weighted by Gasteiger charge is -2.25. The van der Waals surface area contributed by atoms with Gasteiger partial charge in [0, 0.05) is 12.0 Å². The summed E-state index contributed by atoms with van der Waals surface area (Å²) >= 11 is 0. The lowest BCUT2D eigenvalue weighted by atomic mass is 9.84. The number of amides is 1. The van der Waals surface area contributed by atoms with Crippen LogP contribution in [0, 0.1) is 11.3 Å². The number of rotatable bonds is 7. The van der Waals surface area contributed by atoms with Crippen molar-refractivity contribution in [2.45, 2.75) is 27.2 Å². The van der Waals surface area contributed by atoms with E-state index < -0.39 is 5.41 Å². The van der Waals surface area contributed by atoms with Gasteiger partial charge in [-0.1, -0.05) is 39.0 Å². The van der Waals surface area contributed by atoms with Crippen molar-refractivity contribution in [3.05, 3.63) is 29.8 Å². The number of methoxy groups -OCH3 is 1. The van der Waals surface area contributed by atoms with Gasteiger partial charge in [0.05, 0.1) is 7.11 Å². The minimum absolute atomic E-state index is 0. The highest BCUT2D eigenvalue weighted by Gasteiger charge is 2.28. The third-order valence-corrected chi connectivity index (χ3v) is 3.45. The maximum atomic E-state index is 12.3. The molecule has 120 valence electrons. The molecule has 4 nitrogen and oxygen atoms in total. The summed E-state index contributed by atoms with van der Waals surface area (Å²) in [5.41, 5.74) is 6.12. The number of hydrogen-bond acceptors (Lipinski definition) is 3. The smallest absolute Gasteiger partial charge is 0.226 e. The van der Waals surface area contributed by atoms with E-state index in [1.165, 1.54) is 0 Å². The van der Waals surface area contributed by atoms with E-state index in [1.54, 1.807) is 7.11 Å². The molecule has 1 unspecified atom stereocenters. The van der Waals surface area contributed by atoms with Crippen LogP contribution in [0.15, 0.2) is 24.3 Å². The molecule has 5 heteroatoms. The highest BCUT2D eigenvalue weighted by molar-refractivity contribution is 5.85. The van der Waals surface area contributed by atoms with Gasteiger partial charge in [-0.15, -0.1) is 12.4 Å². The molecule has 1 amide bonds. The van der Waals surface area contributed by atoms with Gasteiger partial charge in [0.1, 0.15) is 5.75 Å². The third kappa shape index (κ3) is 5.94. The predicted octanol–water partition coefficient (Wildman–Crippen LogP) is 2.40. The number of nitrogens with two attached hydrogens (primary N) is 1. The van der Waals surface area contributed by atoms with Gasteiger partial charge in [-0.3, -0.25) is 4.79 Å². The maximum absolute atomic E-state index is 12.3. The van der Waals surface area contributed by atoms with Crippen LogP contribution < -0.4 is 15.8 Å². The monoisotopic (exact) mass is 314 g/mol. The van der Waals surface area contributed by atoms with Crippen LogP contribution in [0.4, 0.5) is 0 Å². The van der Waals surface area contributed by atoms with Crippen LogP contribution in [-0.2, 0) is 11.2 Å². The average Bonchev–Trinajstić information content (AvgIpc) is 2.44. The Labute approximate surface area is 133 Å². The van der Waals surface area contributed by atoms with Crippen LogP contribution >= 0.6 is 12.4 Å². The van der Waals surface area contributed by atoms with Gasteiger partial charge in [-0.25, -0.2) is 0 Å². The number of benzene rings is 1. The molecule has 0 aliphatic heterocycles. The molecular formula is C16H27ClN2O2. The first-order valence-electron chi connectivity index (χ1n) is 7.01. The first-order chi connectivity index (χ1) is 9.40. The summed E-state index contributed by atoms with van der Waals surface area (Å²) in [5.74, 6) is 1.16. The molecule has 0 radical (unpaired) electrons. The van der Waals surface area contributed by atoms with Crippen molar-refractivity contribution in [3.63, 3.8) is 0 Å². The lowest BCUT2D eigenvalue weighted by Crippen LogP contribution is -2.41. The van der Waals surface area contributed by atoms with Crippen molar-refractivity contribution in [3.8, 4) is 5.75 Å². The first-order valence-corrected chi connectivity index (χ1v) is 7.01. The van der Waals surface area contributed by atoms with Crippen molar-refractivity contribution >= 4 is 18.3 Å². The minimum Gasteiger partial charge on any atom is -0.496 e. The molecule has 1 aromatic rings. The summed E-state index contributed by atoms with van der Waals surface area (Å²) in [4.78, 5) is 12.3. The van der Waals surface area contributed by atoms with Crippen molar-refractivity contribution < 1.29 is 9.53 Å². The number of nitrogens with one attached hydrogen (secondary N) is 1. The van der Waals surface area contributed by atoms with Gasteiger partial charge < -0.3 is 15.8 Å². The highest BCUT2D eigenvalue weighted by atomic mass is 35.5. The van der Waals surface area contributed by atoms with E-state index in [0.29, 0.717) is 25.4 Å². The molecule has 0 heterocycles. The van der Waals surface area contributed by atoms with E-state index in [9.17, 15) is 4.79 Å². The summed E-state index contributed by atoms with van der Waals surface area (Å²) in [5, 5.41) is 2.97. The Hall–Kier alpha value is -1.26. The summed E-state index contributed by atoms with van der Waals surface area (Å²) in [6.45, 7) is 7.11. The maximum Gasteiger partial charge on any atom is 0.226 e. The fourth-order valence-corrected chi connectivity index (χ4v) is 1.99. The second kappa shape index (κ2) is 8.90. The zero-order chi connectivity index (χ0) is 15.2. The molecular weight excluding hydrogens is 288 g/mol. The van der Waals surface area contributed by atoms with E-state index in [4.69, 9.17) is 10.5 Å². The van der Waals surface area contributed by atoms with Gasteiger partial charge in [0.15, 0.2) is 0 Å². The lowest BCUT2D eigenvalue weighted by molar-refractivity contribution is -0.129. The van der Waals surface area contributed by atoms with Gasteiger partial charge >= 0.3 is 0 Å². The van der Waals surface area contributed by atoms with Crippen molar-refractivity contribution in [2.75, 3.05) is 20.2 Å². The van der Waals surface area contributed by atoms with Crippen molar-refractivity contribution in [1.29, 1.82) is 0 Å². The molecule has 1 aromatic carbocycles. The molecule has 0 aromatic heterocycles. The van der Waals surface area contributed by atoms with Crippen LogP contribution in [0.1, 0.15) is 26.3 Å². The van der Waals surface area contributed by atoms with E-state index in [-0.39, 0.29) is 18.3 Å². The summed E-state index contributed by atoms with van der Waals surface area (Å²) in [7, 11) is 1.65. The third-order valence-electron chi connectivity index (χ3n) is 3.45. The van der Waals surface area contributed by atoms with E-state index in [1.807, 2.05) is 45.0 Å². The zero-order valence-electron chi connectivity index (χ0n) is 13.3. The topological polar surface area (TPSA) is 64.3 Å². The standard InChI is InChI=1S/C16H26N2O2.ClH/c1-12(10-17)11-18-15(19)16(2,3)9-13-7-5-6-8-14(13)20-4;/h5-8,12H,9-11,17H2,1-4H3,(H,18,19);1H. The number of ether oxygens (including phenoxy) is 1. The second-order valence-corrected chi connectivity index (χ2v) is 5.92. The van der Waals surface area contributed by atoms with Crippen LogP contribution in [0.3, 0.4) is 0 Å². The van der Waals surface area contributed by atoms with E-state index in [0.717, 1.165) is 11.3 Å². The summed E-state index contributed by atoms with van der Waals surface area (Å²) in [6.07, 6.45) is 0.639. The normalized spacial score (nSPS) is 12.2. The molecule has 0 fully saturated rings. The summed E-state index contributed by atoms with van der Waals surface area (Å²) < 4.78 is 5.34.